The summed E-state index contributed by atoms with van der Waals surface area (Å²) in [6.07, 6.45) is 3.06. The molecule has 2 aliphatic rings. The number of carbonyl (C=O) groups is 2. The molecule has 20 heteroatoms. The molecule has 62 heavy (non-hydrogen) atoms. The predicted octanol–water partition coefficient (Wildman–Crippen LogP) is 7.82. The molecule has 0 saturated heterocycles. The Morgan fingerprint density at radius 2 is 0.984 bits per heavy atom. The maximum Gasteiger partial charge on any atom is 0.284 e. The number of rotatable bonds is 10. The van der Waals surface area contributed by atoms with E-state index in [1.807, 2.05) is 0 Å². The van der Waals surface area contributed by atoms with Gasteiger partial charge in [0.2, 0.25) is 0 Å². The van der Waals surface area contributed by atoms with Crippen LogP contribution in [0.3, 0.4) is 0 Å². The normalized spacial score (nSPS) is 15.3. The summed E-state index contributed by atoms with van der Waals surface area (Å²) in [5.41, 5.74) is 2.67. The highest BCUT2D eigenvalue weighted by molar-refractivity contribution is 7.24. The van der Waals surface area contributed by atoms with Crippen LogP contribution in [-0.2, 0) is 9.59 Å². The minimum atomic E-state index is -0.528. The quantitative estimate of drug-likeness (QED) is 0.0760. The molecule has 2 N–H and O–H groups in total. The number of aliphatic imine (C=N–C) groups is 2. The zero-order valence-electron chi connectivity index (χ0n) is 31.9. The van der Waals surface area contributed by atoms with Crippen molar-refractivity contribution in [3.05, 3.63) is 151 Å². The van der Waals surface area contributed by atoms with Crippen LogP contribution in [0.2, 0.25) is 0 Å². The predicted molar refractivity (Wildman–Crippen MR) is 232 cm³/mol. The second-order valence-corrected chi connectivity index (χ2v) is 15.5. The first kappa shape index (κ1) is 39.1. The second kappa shape index (κ2) is 15.3. The van der Waals surface area contributed by atoms with E-state index >= 15 is 0 Å². The van der Waals surface area contributed by atoms with Gasteiger partial charge in [-0.1, -0.05) is 34.8 Å². The molecule has 18 nitrogen and oxygen atoms in total. The van der Waals surface area contributed by atoms with Crippen molar-refractivity contribution in [3.8, 4) is 23.0 Å². The Bertz CT molecular complexity index is 2930. The average molecular weight is 867 g/mol. The summed E-state index contributed by atoms with van der Waals surface area (Å²) < 4.78 is 11.7. The fourth-order valence-corrected chi connectivity index (χ4v) is 8.60. The van der Waals surface area contributed by atoms with Crippen molar-refractivity contribution in [2.75, 3.05) is 24.0 Å². The van der Waals surface area contributed by atoms with Crippen LogP contribution in [0, 0.1) is 20.2 Å². The highest BCUT2D eigenvalue weighted by Crippen LogP contribution is 2.41. The van der Waals surface area contributed by atoms with E-state index in [0.29, 0.717) is 42.7 Å². The summed E-state index contributed by atoms with van der Waals surface area (Å²) in [5, 5.41) is 43.6. The number of methoxy groups -OCH3 is 2. The summed E-state index contributed by atoms with van der Waals surface area (Å²) in [5.74, 6) is -0.455. The molecule has 0 saturated carbocycles. The van der Waals surface area contributed by atoms with Gasteiger partial charge in [-0.2, -0.15) is 0 Å². The number of hydrogen-bond acceptors (Lipinski definition) is 16. The van der Waals surface area contributed by atoms with Gasteiger partial charge in [0.05, 0.1) is 44.5 Å². The van der Waals surface area contributed by atoms with E-state index in [1.54, 1.807) is 36.4 Å². The average Bonchev–Trinajstić information content (AvgIpc) is 4.03. The van der Waals surface area contributed by atoms with Crippen LogP contribution >= 0.6 is 22.7 Å². The Kier molecular flexibility index (Phi) is 9.68. The summed E-state index contributed by atoms with van der Waals surface area (Å²) in [6, 6.07) is 23.9. The van der Waals surface area contributed by atoms with E-state index in [2.05, 4.69) is 9.98 Å². The van der Waals surface area contributed by atoms with Gasteiger partial charge in [-0.3, -0.25) is 29.8 Å². The number of ether oxygens (including phenoxy) is 2. The Labute approximate surface area is 356 Å². The van der Waals surface area contributed by atoms with Crippen molar-refractivity contribution in [3.63, 3.8) is 0 Å². The molecule has 306 valence electrons. The summed E-state index contributed by atoms with van der Waals surface area (Å²) >= 11 is 2.35. The summed E-state index contributed by atoms with van der Waals surface area (Å²) in [6.45, 7) is 0. The standard InChI is InChI=1S/C42H26N8O10S2/c1-59-33-17-21(3-13-31(33)51)15-29-39(53)47(37(43-29)23-5-9-25(10-6-23)49(55)56)41-45-27-19-36-28(20-35(27)61-41)46-42(62-36)48-38(24-7-11-26(12-8-24)50(57)58)44-30(40(48)54)16-22-4-14-32(52)34(18-22)60-2/h3-20,51-52H,1-2H3/b29-15-,30-16-. The molecule has 0 aliphatic carbocycles. The van der Waals surface area contributed by atoms with Crippen molar-refractivity contribution in [2.45, 2.75) is 0 Å². The zero-order valence-corrected chi connectivity index (χ0v) is 33.6. The minimum absolute atomic E-state index is 0.0383. The Balaban J connectivity index is 1.09. The number of amides is 2. The van der Waals surface area contributed by atoms with Crippen molar-refractivity contribution < 1.29 is 39.1 Å². The van der Waals surface area contributed by atoms with Crippen LogP contribution in [-0.4, -0.2) is 67.7 Å². The number of benzene rings is 5. The molecule has 5 aromatic carbocycles. The number of carbonyl (C=O) groups excluding carboxylic acids is 2. The van der Waals surface area contributed by atoms with E-state index in [-0.39, 0.29) is 67.7 Å². The third-order valence-corrected chi connectivity index (χ3v) is 11.7. The number of nitro groups is 2. The van der Waals surface area contributed by atoms with Gasteiger partial charge < -0.3 is 19.7 Å². The molecule has 7 aromatic rings. The topological polar surface area (TPSA) is 236 Å². The van der Waals surface area contributed by atoms with Gasteiger partial charge in [-0.25, -0.2) is 29.8 Å². The van der Waals surface area contributed by atoms with Gasteiger partial charge in [0.1, 0.15) is 23.1 Å². The molecule has 0 unspecified atom stereocenters. The first-order valence-corrected chi connectivity index (χ1v) is 19.8. The lowest BCUT2D eigenvalue weighted by molar-refractivity contribution is -0.385. The van der Waals surface area contributed by atoms with Crippen LogP contribution in [0.25, 0.3) is 32.6 Å². The van der Waals surface area contributed by atoms with Crippen LogP contribution in [0.1, 0.15) is 22.3 Å². The lowest BCUT2D eigenvalue weighted by Gasteiger charge is -2.15. The molecule has 4 heterocycles. The number of fused-ring (bicyclic) bond motifs is 2. The van der Waals surface area contributed by atoms with Crippen molar-refractivity contribution in [2.24, 2.45) is 9.98 Å². The monoisotopic (exact) mass is 866 g/mol. The number of anilines is 2. The van der Waals surface area contributed by atoms with Crippen LogP contribution in [0.4, 0.5) is 21.6 Å². The van der Waals surface area contributed by atoms with Crippen LogP contribution in [0.5, 0.6) is 23.0 Å². The van der Waals surface area contributed by atoms with E-state index in [0.717, 1.165) is 0 Å². The van der Waals surface area contributed by atoms with Gasteiger partial charge in [-0.05, 0) is 83.9 Å². The smallest absolute Gasteiger partial charge is 0.284 e. The Hall–Kier alpha value is -8.36. The van der Waals surface area contributed by atoms with Gasteiger partial charge in [-0.15, -0.1) is 0 Å². The van der Waals surface area contributed by atoms with Gasteiger partial charge in [0, 0.05) is 35.4 Å². The number of aromatic hydroxyl groups is 2. The molecule has 0 radical (unpaired) electrons. The number of non-ortho nitro benzene ring substituents is 2. The molecular formula is C42H26N8O10S2. The number of phenolic OH excluding ortho intramolecular Hbond substituents is 2. The fourth-order valence-electron chi connectivity index (χ4n) is 6.64. The van der Waals surface area contributed by atoms with Gasteiger partial charge >= 0.3 is 0 Å². The summed E-state index contributed by atoms with van der Waals surface area (Å²) in [4.78, 5) is 71.7. The van der Waals surface area contributed by atoms with Crippen LogP contribution < -0.4 is 19.3 Å². The number of nitro benzene ring substituents is 2. The molecule has 0 atom stereocenters. The van der Waals surface area contributed by atoms with Crippen molar-refractivity contribution >= 4 is 100 Å². The number of thiazole rings is 2. The molecule has 9 rings (SSSR count). The number of hydrogen-bond donors (Lipinski definition) is 2. The Morgan fingerprint density at radius 1 is 0.597 bits per heavy atom. The third-order valence-electron chi connectivity index (χ3n) is 9.67. The second-order valence-electron chi connectivity index (χ2n) is 13.5. The largest absolute Gasteiger partial charge is 0.504 e. The van der Waals surface area contributed by atoms with E-state index < -0.39 is 21.7 Å². The Morgan fingerprint density at radius 3 is 1.34 bits per heavy atom. The zero-order chi connectivity index (χ0) is 43.4. The highest BCUT2D eigenvalue weighted by atomic mass is 32.1. The maximum absolute atomic E-state index is 14.2. The van der Waals surface area contributed by atoms with Crippen molar-refractivity contribution in [1.29, 1.82) is 0 Å². The fraction of sp³-hybridized carbons (Fsp3) is 0.0476. The molecular weight excluding hydrogens is 841 g/mol. The molecule has 2 amide bonds. The molecule has 0 fully saturated rings. The summed E-state index contributed by atoms with van der Waals surface area (Å²) in [7, 11) is 2.80. The maximum atomic E-state index is 14.2. The van der Waals surface area contributed by atoms with Gasteiger partial charge in [0.15, 0.2) is 33.3 Å². The van der Waals surface area contributed by atoms with E-state index in [1.165, 1.54) is 120 Å². The lowest BCUT2D eigenvalue weighted by Crippen LogP contribution is -2.32. The van der Waals surface area contributed by atoms with Gasteiger partial charge in [0.25, 0.3) is 23.2 Å². The number of nitrogens with zero attached hydrogens (tertiary/aromatic N) is 8. The molecule has 2 aromatic heterocycles. The number of amidine groups is 2. The van der Waals surface area contributed by atoms with Crippen LogP contribution in [0.15, 0.2) is 118 Å². The number of aromatic nitrogens is 2. The molecule has 0 spiro atoms. The van der Waals surface area contributed by atoms with E-state index in [4.69, 9.17) is 19.4 Å². The van der Waals surface area contributed by atoms with Crippen molar-refractivity contribution in [1.82, 2.24) is 9.97 Å². The lowest BCUT2D eigenvalue weighted by atomic mass is 10.1. The first-order chi connectivity index (χ1) is 29.9. The highest BCUT2D eigenvalue weighted by Gasteiger charge is 2.37. The first-order valence-electron chi connectivity index (χ1n) is 18.1. The molecule has 2 aliphatic heterocycles. The molecule has 0 bridgehead atoms. The SMILES string of the molecule is COc1cc(/C=C2\N=C(c3ccc([N+](=O)[O-])cc3)N(c3nc4cc5sc(N6C(=O)/C(=C/c7ccc(O)c(OC)c7)N=C6c6ccc([N+](=O)[O-])cc6)nc5cc4s3)C2=O)ccc1O. The third kappa shape index (κ3) is 6.99. The minimum Gasteiger partial charge on any atom is -0.504 e. The van der Waals surface area contributed by atoms with E-state index in [9.17, 15) is 40.0 Å². The number of phenols is 2.